The molecule has 0 fully saturated rings. The second-order valence-electron chi connectivity index (χ2n) is 0.214. The zero-order valence-electron chi connectivity index (χ0n) is 2.63. The normalized spacial score (nSPS) is 19.2. The predicted octanol–water partition coefficient (Wildman–Crippen LogP) is 2.90. The number of halogens is 3. The van der Waals surface area contributed by atoms with Gasteiger partial charge < -0.3 is 0 Å². The Morgan fingerprint density at radius 1 is 2.00 bits per heavy atom. The standard InChI is InChI=1S/Br2H2IP/c1-4(2)3/h4H2/i4D. The van der Waals surface area contributed by atoms with Crippen LogP contribution in [0.3, 0.4) is 0 Å². The van der Waals surface area contributed by atoms with Crippen LogP contribution in [0, 0.1) is 0 Å². The van der Waals surface area contributed by atoms with Crippen LogP contribution in [0.1, 0.15) is 0 Å². The van der Waals surface area contributed by atoms with E-state index in [4.69, 9.17) is 1.28 Å². The van der Waals surface area contributed by atoms with Gasteiger partial charge in [-0.25, -0.2) is 0 Å². The molecule has 0 saturated heterocycles. The second-order valence-corrected chi connectivity index (χ2v) is 20.7. The van der Waals surface area contributed by atoms with Crippen molar-refractivity contribution in [3.63, 3.8) is 0 Å². The summed E-state index contributed by atoms with van der Waals surface area (Å²) in [6.45, 7) is 0. The maximum atomic E-state index is 6.90. The molecule has 0 aliphatic carbocycles. The quantitative estimate of drug-likeness (QED) is 0.475. The van der Waals surface area contributed by atoms with Gasteiger partial charge in [-0.3, -0.25) is 0 Å². The minimum absolute atomic E-state index is 1.77. The van der Waals surface area contributed by atoms with Crippen LogP contribution in [-0.4, -0.2) is 1.28 Å². The first-order valence-corrected chi connectivity index (χ1v) is 9.70. The van der Waals surface area contributed by atoms with E-state index in [1.807, 2.05) is 22.0 Å². The number of rotatable bonds is 0. The zero-order chi connectivity index (χ0) is 4.50. The van der Waals surface area contributed by atoms with Crippen LogP contribution in [0.25, 0.3) is 0 Å². The van der Waals surface area contributed by atoms with Crippen molar-refractivity contribution in [3.8, 4) is 0 Å². The fraction of sp³-hybridized carbons (Fsp3) is 0. The van der Waals surface area contributed by atoms with Gasteiger partial charge >= 0.3 is 57.2 Å². The van der Waals surface area contributed by atoms with Crippen LogP contribution >= 0.6 is 55.9 Å². The predicted molar refractivity (Wildman–Crippen MR) is 41.6 cm³/mol. The molecule has 0 amide bonds. The van der Waals surface area contributed by atoms with E-state index in [2.05, 4.69) is 31.0 Å². The van der Waals surface area contributed by atoms with E-state index in [-0.39, 0.29) is 0 Å². The van der Waals surface area contributed by atoms with E-state index >= 15 is 0 Å². The molecule has 0 rings (SSSR count). The van der Waals surface area contributed by atoms with Crippen LogP contribution in [0.5, 0.6) is 0 Å². The molecule has 0 spiro atoms. The average Bonchev–Trinajstić information content (AvgIpc) is 0.722. The monoisotopic (exact) mass is 319 g/mol. The molecule has 0 aliphatic rings. The molecule has 0 unspecified atom stereocenters. The summed E-state index contributed by atoms with van der Waals surface area (Å²) in [5.74, 6) is 0. The van der Waals surface area contributed by atoms with Crippen molar-refractivity contribution in [2.24, 2.45) is 0 Å². The van der Waals surface area contributed by atoms with Gasteiger partial charge in [0.2, 0.25) is 0 Å². The third-order valence-electron chi connectivity index (χ3n) is 0. The van der Waals surface area contributed by atoms with Crippen molar-refractivity contribution in [1.29, 1.82) is 1.28 Å². The van der Waals surface area contributed by atoms with Crippen LogP contribution in [0.15, 0.2) is 0 Å². The Hall–Kier alpha value is 2.12. The third kappa shape index (κ3) is 8.92. The number of hydrogen-bond acceptors (Lipinski definition) is 0. The Morgan fingerprint density at radius 2 is 2.00 bits per heavy atom. The van der Waals surface area contributed by atoms with Gasteiger partial charge in [0, 0.05) is 0 Å². The summed E-state index contributed by atoms with van der Waals surface area (Å²) in [5, 5.41) is 0. The molecule has 0 aromatic rings. The Morgan fingerprint density at radius 3 is 2.00 bits per heavy atom. The SMILES string of the molecule is [2H][PH](Br)(Br)I. The van der Waals surface area contributed by atoms with Crippen molar-refractivity contribution in [3.05, 3.63) is 0 Å². The van der Waals surface area contributed by atoms with Crippen molar-refractivity contribution < 1.29 is 0 Å². The van der Waals surface area contributed by atoms with E-state index in [0.717, 1.165) is 0 Å². The Bertz CT molecular complexity index is 25.1. The molecular formula is H2Br2IP. The summed E-state index contributed by atoms with van der Waals surface area (Å²) >= 11 is 8.18. The van der Waals surface area contributed by atoms with Gasteiger partial charge in [0.25, 0.3) is 0 Å². The van der Waals surface area contributed by atoms with Gasteiger partial charge in [-0.2, -0.15) is 0 Å². The Kier molecular flexibility index (Phi) is 3.55. The van der Waals surface area contributed by atoms with Crippen LogP contribution < -0.4 is 0 Å². The van der Waals surface area contributed by atoms with Gasteiger partial charge in [0.1, 0.15) is 0 Å². The zero-order valence-corrected chi connectivity index (χ0v) is 7.96. The molecule has 0 saturated carbocycles. The van der Waals surface area contributed by atoms with E-state index in [0.29, 0.717) is 0 Å². The van der Waals surface area contributed by atoms with E-state index < -0.39 is 2.91 Å². The summed E-state index contributed by atoms with van der Waals surface area (Å²) in [4.78, 5) is 0. The van der Waals surface area contributed by atoms with Gasteiger partial charge in [0.05, 0.1) is 0 Å². The topological polar surface area (TPSA) is 0 Å². The summed E-state index contributed by atoms with van der Waals surface area (Å²) < 4.78 is 5.13. The summed E-state index contributed by atoms with van der Waals surface area (Å²) in [6.07, 6.45) is 0. The van der Waals surface area contributed by atoms with Crippen LogP contribution in [-0.2, 0) is 0 Å². The van der Waals surface area contributed by atoms with Gasteiger partial charge in [-0.05, 0) is 0 Å². The third-order valence-corrected chi connectivity index (χ3v) is 0. The first-order chi connectivity index (χ1) is 2.00. The summed E-state index contributed by atoms with van der Waals surface area (Å²) in [7, 11) is 0. The average molecular weight is 321 g/mol. The van der Waals surface area contributed by atoms with Gasteiger partial charge in [-0.15, -0.1) is 0 Å². The molecule has 0 bridgehead atoms. The van der Waals surface area contributed by atoms with Crippen molar-refractivity contribution in [1.82, 2.24) is 0 Å². The fourth-order valence-electron chi connectivity index (χ4n) is 0. The fourth-order valence-corrected chi connectivity index (χ4v) is 0. The first kappa shape index (κ1) is 4.28. The molecule has 0 aromatic carbocycles. The molecule has 4 heteroatoms. The van der Waals surface area contributed by atoms with Gasteiger partial charge in [0.15, 0.2) is 0 Å². The van der Waals surface area contributed by atoms with E-state index in [1.54, 1.807) is 0 Å². The molecule has 4 heavy (non-hydrogen) atoms. The molecule has 0 nitrogen and oxygen atoms in total. The molecule has 0 radical (unpaired) electrons. The molecule has 0 atom stereocenters. The number of hydrogen-bond donors (Lipinski definition) is 0. The molecule has 0 heterocycles. The Balaban J connectivity index is 3.02. The summed E-state index contributed by atoms with van der Waals surface area (Å²) in [5.41, 5.74) is 0. The van der Waals surface area contributed by atoms with Crippen molar-refractivity contribution >= 4 is 55.9 Å². The maximum absolute atomic E-state index is 6.90. The van der Waals surface area contributed by atoms with Crippen molar-refractivity contribution in [2.75, 3.05) is 0 Å². The minimum atomic E-state index is -1.77. The van der Waals surface area contributed by atoms with Crippen molar-refractivity contribution in [2.45, 2.75) is 0 Å². The molecule has 28 valence electrons. The van der Waals surface area contributed by atoms with Crippen LogP contribution in [0.2, 0.25) is 0 Å². The molecular weight excluding hydrogens is 318 g/mol. The first-order valence-electron chi connectivity index (χ1n) is 1.07. The molecule has 0 aromatic heterocycles. The molecule has 0 aliphatic heterocycles. The Labute approximate surface area is 56.7 Å². The summed E-state index contributed by atoms with van der Waals surface area (Å²) in [6, 6.07) is 0. The molecule has 0 N–H and O–H groups in total. The van der Waals surface area contributed by atoms with E-state index in [1.165, 1.54) is 0 Å². The van der Waals surface area contributed by atoms with E-state index in [9.17, 15) is 0 Å². The van der Waals surface area contributed by atoms with Crippen LogP contribution in [0.4, 0.5) is 0 Å². The second kappa shape index (κ2) is 3.32. The van der Waals surface area contributed by atoms with Gasteiger partial charge in [-0.1, -0.05) is 0 Å².